The lowest BCUT2D eigenvalue weighted by Crippen LogP contribution is -2.09. The Bertz CT molecular complexity index is 125. The number of rotatable bonds is 9. The van der Waals surface area contributed by atoms with Crippen molar-refractivity contribution in [1.82, 2.24) is 0 Å². The maximum Gasteiger partial charge on any atom is 0.0745 e. The predicted octanol–water partition coefficient (Wildman–Crippen LogP) is 1.84. The number of ether oxygens (including phenoxy) is 2. The van der Waals surface area contributed by atoms with Crippen LogP contribution in [0.2, 0.25) is 0 Å². The molecule has 0 saturated heterocycles. The summed E-state index contributed by atoms with van der Waals surface area (Å²) in [7, 11) is 0. The summed E-state index contributed by atoms with van der Waals surface area (Å²) < 4.78 is 10.0. The molecule has 0 fully saturated rings. The average molecular weight is 250 g/mol. The van der Waals surface area contributed by atoms with E-state index in [0.29, 0.717) is 25.7 Å². The van der Waals surface area contributed by atoms with Gasteiger partial charge >= 0.3 is 0 Å². The third kappa shape index (κ3) is 18.4. The summed E-state index contributed by atoms with van der Waals surface area (Å²) in [5, 5.41) is 17.0. The van der Waals surface area contributed by atoms with E-state index in [-0.39, 0.29) is 12.7 Å². The molecule has 0 aromatic heterocycles. The molecule has 0 aliphatic carbocycles. The van der Waals surface area contributed by atoms with Gasteiger partial charge < -0.3 is 19.7 Å². The standard InChI is InChI=1S/C8H18O2.C5H12O2/c1-3-8(4-2)7-10-6-5-9;1-3-7-4-5(2)6/h8-9H,3-7H2,1-2H3;5-6H,3-4H2,1-2H3. The van der Waals surface area contributed by atoms with Crippen LogP contribution in [0.4, 0.5) is 0 Å². The Hall–Kier alpha value is -0.160. The van der Waals surface area contributed by atoms with Gasteiger partial charge in [-0.25, -0.2) is 0 Å². The lowest BCUT2D eigenvalue weighted by atomic mass is 10.1. The molecule has 0 radical (unpaired) electrons. The Morgan fingerprint density at radius 1 is 1.00 bits per heavy atom. The normalized spacial score (nSPS) is 12.2. The van der Waals surface area contributed by atoms with Crippen LogP contribution in [0.25, 0.3) is 0 Å². The maximum absolute atomic E-state index is 8.56. The molecule has 0 aromatic rings. The minimum atomic E-state index is -0.319. The summed E-state index contributed by atoms with van der Waals surface area (Å²) in [6.07, 6.45) is 2.02. The zero-order valence-corrected chi connectivity index (χ0v) is 11.8. The SMILES string of the molecule is CCC(CC)COCCO.CCOCC(C)O. The second-order valence-electron chi connectivity index (χ2n) is 3.99. The zero-order chi connectivity index (χ0) is 13.5. The van der Waals surface area contributed by atoms with Gasteiger partial charge in [-0.2, -0.15) is 0 Å². The van der Waals surface area contributed by atoms with Gasteiger partial charge in [0.05, 0.1) is 25.9 Å². The molecular weight excluding hydrogens is 220 g/mol. The van der Waals surface area contributed by atoms with Gasteiger partial charge in [-0.15, -0.1) is 0 Å². The Morgan fingerprint density at radius 3 is 1.88 bits per heavy atom. The molecule has 0 saturated carbocycles. The molecule has 1 unspecified atom stereocenters. The first kappa shape index (κ1) is 19.2. The molecule has 0 bridgehead atoms. The van der Waals surface area contributed by atoms with Crippen molar-refractivity contribution in [2.24, 2.45) is 5.92 Å². The molecule has 2 N–H and O–H groups in total. The molecule has 4 nitrogen and oxygen atoms in total. The van der Waals surface area contributed by atoms with Gasteiger partial charge in [0, 0.05) is 13.2 Å². The molecule has 0 amide bonds. The highest BCUT2D eigenvalue weighted by Crippen LogP contribution is 2.06. The van der Waals surface area contributed by atoms with Gasteiger partial charge in [-0.3, -0.25) is 0 Å². The molecule has 4 heteroatoms. The Labute approximate surface area is 106 Å². The Balaban J connectivity index is 0. The van der Waals surface area contributed by atoms with E-state index in [0.717, 1.165) is 6.61 Å². The fourth-order valence-corrected chi connectivity index (χ4v) is 1.13. The van der Waals surface area contributed by atoms with Gasteiger partial charge in [0.25, 0.3) is 0 Å². The molecule has 0 spiro atoms. The van der Waals surface area contributed by atoms with Crippen LogP contribution in [-0.4, -0.2) is 49.4 Å². The third-order valence-electron chi connectivity index (χ3n) is 2.31. The van der Waals surface area contributed by atoms with Crippen molar-refractivity contribution in [3.8, 4) is 0 Å². The van der Waals surface area contributed by atoms with Crippen molar-refractivity contribution in [2.75, 3.05) is 33.0 Å². The number of aliphatic hydroxyl groups is 2. The largest absolute Gasteiger partial charge is 0.394 e. The van der Waals surface area contributed by atoms with Crippen LogP contribution in [0.5, 0.6) is 0 Å². The van der Waals surface area contributed by atoms with Gasteiger partial charge in [-0.05, 0) is 19.8 Å². The predicted molar refractivity (Wildman–Crippen MR) is 70.2 cm³/mol. The number of hydrogen-bond acceptors (Lipinski definition) is 4. The first-order chi connectivity index (χ1) is 8.12. The topological polar surface area (TPSA) is 58.9 Å². The van der Waals surface area contributed by atoms with E-state index in [4.69, 9.17) is 19.7 Å². The molecule has 0 aromatic carbocycles. The van der Waals surface area contributed by atoms with E-state index in [9.17, 15) is 0 Å². The average Bonchev–Trinajstić information content (AvgIpc) is 2.33. The second kappa shape index (κ2) is 15.8. The van der Waals surface area contributed by atoms with Gasteiger partial charge in [0.2, 0.25) is 0 Å². The van der Waals surface area contributed by atoms with E-state index in [2.05, 4.69) is 13.8 Å². The second-order valence-corrected chi connectivity index (χ2v) is 3.99. The molecule has 0 aliphatic rings. The summed E-state index contributed by atoms with van der Waals surface area (Å²) in [5.41, 5.74) is 0. The van der Waals surface area contributed by atoms with Crippen molar-refractivity contribution < 1.29 is 19.7 Å². The summed E-state index contributed by atoms with van der Waals surface area (Å²) >= 11 is 0. The van der Waals surface area contributed by atoms with Crippen LogP contribution in [0, 0.1) is 5.92 Å². The Morgan fingerprint density at radius 2 is 1.59 bits per heavy atom. The maximum atomic E-state index is 8.56. The monoisotopic (exact) mass is 250 g/mol. The summed E-state index contributed by atoms with van der Waals surface area (Å²) in [4.78, 5) is 0. The van der Waals surface area contributed by atoms with Crippen LogP contribution in [-0.2, 0) is 9.47 Å². The van der Waals surface area contributed by atoms with Crippen LogP contribution >= 0.6 is 0 Å². The van der Waals surface area contributed by atoms with Crippen LogP contribution < -0.4 is 0 Å². The van der Waals surface area contributed by atoms with E-state index in [1.807, 2.05) is 6.92 Å². The minimum Gasteiger partial charge on any atom is -0.394 e. The van der Waals surface area contributed by atoms with E-state index in [1.165, 1.54) is 12.8 Å². The minimum absolute atomic E-state index is 0.139. The molecular formula is C13H30O4. The highest BCUT2D eigenvalue weighted by Gasteiger charge is 2.01. The van der Waals surface area contributed by atoms with Gasteiger partial charge in [-0.1, -0.05) is 26.7 Å². The van der Waals surface area contributed by atoms with Crippen LogP contribution in [0.1, 0.15) is 40.5 Å². The number of aliphatic hydroxyl groups excluding tert-OH is 2. The summed E-state index contributed by atoms with van der Waals surface area (Å²) in [6.45, 7) is 10.5. The van der Waals surface area contributed by atoms with Crippen LogP contribution in [0.15, 0.2) is 0 Å². The van der Waals surface area contributed by atoms with Crippen molar-refractivity contribution in [1.29, 1.82) is 0 Å². The van der Waals surface area contributed by atoms with E-state index in [1.54, 1.807) is 6.92 Å². The summed E-state index contributed by atoms with van der Waals surface area (Å²) in [6, 6.07) is 0. The molecule has 106 valence electrons. The highest BCUT2D eigenvalue weighted by atomic mass is 16.5. The third-order valence-corrected chi connectivity index (χ3v) is 2.31. The van der Waals surface area contributed by atoms with Crippen molar-refractivity contribution in [3.05, 3.63) is 0 Å². The lowest BCUT2D eigenvalue weighted by molar-refractivity contribution is 0.0527. The highest BCUT2D eigenvalue weighted by molar-refractivity contribution is 4.51. The Kier molecular flexibility index (Phi) is 17.9. The zero-order valence-electron chi connectivity index (χ0n) is 11.8. The van der Waals surface area contributed by atoms with Crippen molar-refractivity contribution in [3.63, 3.8) is 0 Å². The fourth-order valence-electron chi connectivity index (χ4n) is 1.13. The van der Waals surface area contributed by atoms with Crippen molar-refractivity contribution in [2.45, 2.75) is 46.6 Å². The summed E-state index contributed by atoms with van der Waals surface area (Å²) in [5.74, 6) is 0.673. The van der Waals surface area contributed by atoms with Crippen molar-refractivity contribution >= 4 is 0 Å². The van der Waals surface area contributed by atoms with E-state index < -0.39 is 0 Å². The number of hydrogen-bond donors (Lipinski definition) is 2. The molecule has 0 heterocycles. The van der Waals surface area contributed by atoms with E-state index >= 15 is 0 Å². The van der Waals surface area contributed by atoms with Gasteiger partial charge in [0.1, 0.15) is 0 Å². The first-order valence-corrected chi connectivity index (χ1v) is 6.56. The molecule has 0 aliphatic heterocycles. The first-order valence-electron chi connectivity index (χ1n) is 6.56. The van der Waals surface area contributed by atoms with Crippen LogP contribution in [0.3, 0.4) is 0 Å². The quantitative estimate of drug-likeness (QED) is 0.613. The lowest BCUT2D eigenvalue weighted by Gasteiger charge is -2.11. The molecule has 0 rings (SSSR count). The molecule has 1 atom stereocenters. The smallest absolute Gasteiger partial charge is 0.0745 e. The molecule has 17 heavy (non-hydrogen) atoms. The van der Waals surface area contributed by atoms with Gasteiger partial charge in [0.15, 0.2) is 0 Å². The fraction of sp³-hybridized carbons (Fsp3) is 1.00.